The van der Waals surface area contributed by atoms with Crippen molar-refractivity contribution in [3.05, 3.63) is 0 Å². The Morgan fingerprint density at radius 1 is 1.00 bits per heavy atom. The highest BCUT2D eigenvalue weighted by atomic mass is 15.2. The summed E-state index contributed by atoms with van der Waals surface area (Å²) < 4.78 is 0. The van der Waals surface area contributed by atoms with Crippen LogP contribution in [0.5, 0.6) is 0 Å². The van der Waals surface area contributed by atoms with E-state index >= 15 is 0 Å². The summed E-state index contributed by atoms with van der Waals surface area (Å²) in [4.78, 5) is 2.71. The largest absolute Gasteiger partial charge is 0.316 e. The van der Waals surface area contributed by atoms with Crippen LogP contribution in [-0.4, -0.2) is 36.6 Å². The lowest BCUT2D eigenvalue weighted by Crippen LogP contribution is -2.46. The maximum atomic E-state index is 3.56. The second-order valence-electron chi connectivity index (χ2n) is 5.77. The van der Waals surface area contributed by atoms with E-state index in [1.165, 1.54) is 32.2 Å². The molecule has 0 rings (SSSR count). The van der Waals surface area contributed by atoms with Gasteiger partial charge in [0.05, 0.1) is 0 Å². The Kier molecular flexibility index (Phi) is 10.8. The van der Waals surface area contributed by atoms with Crippen LogP contribution in [0.2, 0.25) is 0 Å². The van der Waals surface area contributed by atoms with Gasteiger partial charge in [-0.2, -0.15) is 0 Å². The molecule has 0 fully saturated rings. The van der Waals surface area contributed by atoms with Crippen molar-refractivity contribution in [1.29, 1.82) is 0 Å². The molecule has 18 heavy (non-hydrogen) atoms. The van der Waals surface area contributed by atoms with Crippen molar-refractivity contribution in [1.82, 2.24) is 10.2 Å². The molecule has 3 unspecified atom stereocenters. The number of nitrogens with one attached hydrogen (secondary N) is 1. The zero-order valence-electron chi connectivity index (χ0n) is 13.6. The van der Waals surface area contributed by atoms with E-state index in [-0.39, 0.29) is 0 Å². The molecule has 1 N–H and O–H groups in total. The fourth-order valence-electron chi connectivity index (χ4n) is 2.40. The molecule has 110 valence electrons. The van der Waals surface area contributed by atoms with Crippen LogP contribution < -0.4 is 5.32 Å². The lowest BCUT2D eigenvalue weighted by Gasteiger charge is -2.37. The van der Waals surface area contributed by atoms with Crippen LogP contribution in [0.1, 0.15) is 67.2 Å². The monoisotopic (exact) mass is 256 g/mol. The first-order valence-corrected chi connectivity index (χ1v) is 8.04. The molecule has 2 heteroatoms. The minimum atomic E-state index is 0.677. The summed E-state index contributed by atoms with van der Waals surface area (Å²) in [5.74, 6) is 0.724. The van der Waals surface area contributed by atoms with Crippen LogP contribution in [0.25, 0.3) is 0 Å². The molecule has 0 bridgehead atoms. The van der Waals surface area contributed by atoms with Crippen molar-refractivity contribution in [2.75, 3.05) is 19.6 Å². The van der Waals surface area contributed by atoms with Gasteiger partial charge in [0, 0.05) is 12.1 Å². The van der Waals surface area contributed by atoms with Gasteiger partial charge in [0.25, 0.3) is 0 Å². The van der Waals surface area contributed by atoms with Crippen molar-refractivity contribution < 1.29 is 0 Å². The Labute approximate surface area is 116 Å². The van der Waals surface area contributed by atoms with E-state index in [1.54, 1.807) is 0 Å². The Balaban J connectivity index is 4.28. The van der Waals surface area contributed by atoms with Crippen LogP contribution in [0.3, 0.4) is 0 Å². The maximum absolute atomic E-state index is 3.56. The van der Waals surface area contributed by atoms with Gasteiger partial charge >= 0.3 is 0 Å². The standard InChI is InChI=1S/C16H36N2/c1-7-10-12-18(15(5)9-3)16(6)14(4)13-17-11-8-2/h14-17H,7-13H2,1-6H3. The summed E-state index contributed by atoms with van der Waals surface area (Å²) in [7, 11) is 0. The van der Waals surface area contributed by atoms with E-state index in [9.17, 15) is 0 Å². The van der Waals surface area contributed by atoms with Gasteiger partial charge in [-0.05, 0) is 58.7 Å². The molecule has 2 nitrogen and oxygen atoms in total. The number of rotatable bonds is 11. The van der Waals surface area contributed by atoms with Gasteiger partial charge in [0.1, 0.15) is 0 Å². The van der Waals surface area contributed by atoms with Crippen molar-refractivity contribution in [2.24, 2.45) is 5.92 Å². The second-order valence-corrected chi connectivity index (χ2v) is 5.77. The van der Waals surface area contributed by atoms with Crippen LogP contribution in [0, 0.1) is 5.92 Å². The number of hydrogen-bond donors (Lipinski definition) is 1. The summed E-state index contributed by atoms with van der Waals surface area (Å²) in [6.07, 6.45) is 5.10. The molecule has 0 aliphatic rings. The molecule has 0 aliphatic heterocycles. The predicted molar refractivity (Wildman–Crippen MR) is 83.2 cm³/mol. The third-order valence-corrected chi connectivity index (χ3v) is 4.17. The zero-order chi connectivity index (χ0) is 14.0. The average molecular weight is 256 g/mol. The van der Waals surface area contributed by atoms with Crippen LogP contribution in [0.15, 0.2) is 0 Å². The fraction of sp³-hybridized carbons (Fsp3) is 1.00. The lowest BCUT2D eigenvalue weighted by atomic mass is 9.99. The summed E-state index contributed by atoms with van der Waals surface area (Å²) >= 11 is 0. The smallest absolute Gasteiger partial charge is 0.0107 e. The van der Waals surface area contributed by atoms with Gasteiger partial charge < -0.3 is 5.32 Å². The van der Waals surface area contributed by atoms with Gasteiger partial charge in [-0.25, -0.2) is 0 Å². The Morgan fingerprint density at radius 2 is 1.67 bits per heavy atom. The molecule has 3 atom stereocenters. The molecule has 0 amide bonds. The molecule has 0 aromatic rings. The van der Waals surface area contributed by atoms with E-state index in [1.807, 2.05) is 0 Å². The molecule has 0 aliphatic carbocycles. The van der Waals surface area contributed by atoms with E-state index in [4.69, 9.17) is 0 Å². The normalized spacial score (nSPS) is 16.8. The van der Waals surface area contributed by atoms with Gasteiger partial charge in [0.2, 0.25) is 0 Å². The van der Waals surface area contributed by atoms with E-state index in [0.29, 0.717) is 12.1 Å². The first-order valence-electron chi connectivity index (χ1n) is 8.04. The summed E-state index contributed by atoms with van der Waals surface area (Å²) in [5.41, 5.74) is 0. The zero-order valence-corrected chi connectivity index (χ0v) is 13.6. The van der Waals surface area contributed by atoms with Gasteiger partial charge in [-0.1, -0.05) is 34.1 Å². The Hall–Kier alpha value is -0.0800. The maximum Gasteiger partial charge on any atom is 0.0107 e. The van der Waals surface area contributed by atoms with Crippen molar-refractivity contribution >= 4 is 0 Å². The highest BCUT2D eigenvalue weighted by Crippen LogP contribution is 2.16. The highest BCUT2D eigenvalue weighted by Gasteiger charge is 2.22. The van der Waals surface area contributed by atoms with Crippen molar-refractivity contribution in [3.63, 3.8) is 0 Å². The summed E-state index contributed by atoms with van der Waals surface area (Å²) in [6, 6.07) is 1.39. The third kappa shape index (κ3) is 6.75. The van der Waals surface area contributed by atoms with Crippen molar-refractivity contribution in [3.8, 4) is 0 Å². The van der Waals surface area contributed by atoms with Gasteiger partial charge in [-0.3, -0.25) is 4.90 Å². The van der Waals surface area contributed by atoms with Crippen LogP contribution in [-0.2, 0) is 0 Å². The van der Waals surface area contributed by atoms with Gasteiger partial charge in [0.15, 0.2) is 0 Å². The first-order chi connectivity index (χ1) is 8.58. The topological polar surface area (TPSA) is 15.3 Å². The number of nitrogens with zero attached hydrogens (tertiary/aromatic N) is 1. The predicted octanol–water partition coefficient (Wildman–Crippen LogP) is 3.91. The molecule has 0 aromatic heterocycles. The molecule has 0 saturated heterocycles. The minimum Gasteiger partial charge on any atom is -0.316 e. The van der Waals surface area contributed by atoms with Crippen LogP contribution in [0.4, 0.5) is 0 Å². The molecular weight excluding hydrogens is 220 g/mol. The number of hydrogen-bond acceptors (Lipinski definition) is 2. The SMILES string of the molecule is CCCCN(C(C)CC)C(C)C(C)CNCCC. The Bertz CT molecular complexity index is 182. The van der Waals surface area contributed by atoms with E-state index < -0.39 is 0 Å². The molecule has 0 saturated carbocycles. The quantitative estimate of drug-likeness (QED) is 0.564. The van der Waals surface area contributed by atoms with Gasteiger partial charge in [-0.15, -0.1) is 0 Å². The van der Waals surface area contributed by atoms with Crippen LogP contribution >= 0.6 is 0 Å². The molecule has 0 heterocycles. The molecule has 0 spiro atoms. The van der Waals surface area contributed by atoms with E-state index in [0.717, 1.165) is 19.0 Å². The summed E-state index contributed by atoms with van der Waals surface area (Å²) in [5, 5.41) is 3.56. The lowest BCUT2D eigenvalue weighted by molar-refractivity contribution is 0.110. The van der Waals surface area contributed by atoms with E-state index in [2.05, 4.69) is 51.8 Å². The summed E-state index contributed by atoms with van der Waals surface area (Å²) in [6.45, 7) is 17.5. The second kappa shape index (κ2) is 10.8. The molecular formula is C16H36N2. The first kappa shape index (κ1) is 17.9. The molecule has 0 aromatic carbocycles. The average Bonchev–Trinajstić information content (AvgIpc) is 2.38. The third-order valence-electron chi connectivity index (χ3n) is 4.17. The van der Waals surface area contributed by atoms with Crippen molar-refractivity contribution in [2.45, 2.75) is 79.3 Å². The highest BCUT2D eigenvalue weighted by molar-refractivity contribution is 4.78. The molecule has 0 radical (unpaired) electrons. The Morgan fingerprint density at radius 3 is 2.17 bits per heavy atom. The minimum absolute atomic E-state index is 0.677. The number of unbranched alkanes of at least 4 members (excludes halogenated alkanes) is 1. The fourth-order valence-corrected chi connectivity index (χ4v) is 2.40.